The number of hydrogen-bond acceptors (Lipinski definition) is 3. The van der Waals surface area contributed by atoms with Crippen LogP contribution in [0.4, 0.5) is 4.39 Å². The smallest absolute Gasteiger partial charge is 0.257 e. The van der Waals surface area contributed by atoms with Gasteiger partial charge in [0, 0.05) is 24.2 Å². The lowest BCUT2D eigenvalue weighted by Crippen LogP contribution is -2.32. The first-order valence-corrected chi connectivity index (χ1v) is 10.4. The van der Waals surface area contributed by atoms with Gasteiger partial charge in [-0.1, -0.05) is 29.8 Å². The molecule has 27 heavy (non-hydrogen) atoms. The molecule has 0 aliphatic heterocycles. The van der Waals surface area contributed by atoms with Gasteiger partial charge in [-0.25, -0.2) is 17.5 Å². The van der Waals surface area contributed by atoms with Gasteiger partial charge in [0.25, 0.3) is 5.91 Å². The normalized spacial score (nSPS) is 11.6. The van der Waals surface area contributed by atoms with Crippen molar-refractivity contribution in [1.29, 1.82) is 0 Å². The van der Waals surface area contributed by atoms with Crippen molar-refractivity contribution in [2.45, 2.75) is 38.3 Å². The van der Waals surface area contributed by atoms with Crippen molar-refractivity contribution >= 4 is 27.5 Å². The molecule has 0 aliphatic carbocycles. The predicted octanol–water partition coefficient (Wildman–Crippen LogP) is 3.83. The van der Waals surface area contributed by atoms with Crippen LogP contribution in [0.1, 0.15) is 36.7 Å². The Morgan fingerprint density at radius 3 is 2.48 bits per heavy atom. The Morgan fingerprint density at radius 2 is 1.89 bits per heavy atom. The summed E-state index contributed by atoms with van der Waals surface area (Å²) in [5.41, 5.74) is 0.426. The van der Waals surface area contributed by atoms with Crippen LogP contribution >= 0.6 is 11.6 Å². The minimum atomic E-state index is -3.84. The summed E-state index contributed by atoms with van der Waals surface area (Å²) in [6.45, 7) is 5.61. The number of hydrogen-bond donors (Lipinski definition) is 1. The topological polar surface area (TPSA) is 66.5 Å². The van der Waals surface area contributed by atoms with E-state index >= 15 is 0 Å². The molecule has 0 spiro atoms. The number of halogens is 2. The molecule has 0 aliphatic rings. The number of amides is 1. The van der Waals surface area contributed by atoms with Crippen LogP contribution in [0.3, 0.4) is 0 Å². The van der Waals surface area contributed by atoms with Gasteiger partial charge in [-0.2, -0.15) is 0 Å². The fraction of sp³-hybridized carbons (Fsp3) is 0.316. The molecule has 0 unspecified atom stereocenters. The molecular formula is C19H22ClFN2O3S. The van der Waals surface area contributed by atoms with Crippen LogP contribution in [0.2, 0.25) is 5.02 Å². The lowest BCUT2D eigenvalue weighted by Gasteiger charge is -2.22. The Morgan fingerprint density at radius 1 is 1.22 bits per heavy atom. The second-order valence-corrected chi connectivity index (χ2v) is 8.45. The molecule has 0 saturated carbocycles. The number of nitrogens with one attached hydrogen (secondary N) is 1. The van der Waals surface area contributed by atoms with Crippen molar-refractivity contribution in [1.82, 2.24) is 9.62 Å². The third-order valence-electron chi connectivity index (χ3n) is 3.86. The van der Waals surface area contributed by atoms with E-state index < -0.39 is 21.7 Å². The van der Waals surface area contributed by atoms with Gasteiger partial charge in [0.1, 0.15) is 5.82 Å². The molecule has 0 aromatic heterocycles. The van der Waals surface area contributed by atoms with Gasteiger partial charge >= 0.3 is 0 Å². The van der Waals surface area contributed by atoms with E-state index in [1.165, 1.54) is 4.90 Å². The molecule has 8 heteroatoms. The van der Waals surface area contributed by atoms with Crippen LogP contribution in [-0.2, 0) is 16.6 Å². The van der Waals surface area contributed by atoms with Crippen molar-refractivity contribution in [3.8, 4) is 0 Å². The first kappa shape index (κ1) is 21.3. The van der Waals surface area contributed by atoms with E-state index in [-0.39, 0.29) is 23.0 Å². The summed E-state index contributed by atoms with van der Waals surface area (Å²) in [6.07, 6.45) is 0. The molecule has 1 amide bonds. The maximum Gasteiger partial charge on any atom is 0.257 e. The van der Waals surface area contributed by atoms with Gasteiger partial charge < -0.3 is 4.90 Å². The Labute approximate surface area is 164 Å². The zero-order chi connectivity index (χ0) is 20.2. The number of sulfonamides is 1. The second-order valence-electron chi connectivity index (χ2n) is 6.33. The lowest BCUT2D eigenvalue weighted by atomic mass is 10.1. The van der Waals surface area contributed by atoms with Gasteiger partial charge in [0.2, 0.25) is 10.0 Å². The maximum absolute atomic E-state index is 14.3. The lowest BCUT2D eigenvalue weighted by molar-refractivity contribution is 0.0747. The first-order valence-electron chi connectivity index (χ1n) is 8.50. The Kier molecular flexibility index (Phi) is 6.97. The van der Waals surface area contributed by atoms with Crippen LogP contribution < -0.4 is 4.72 Å². The second kappa shape index (κ2) is 8.82. The molecule has 0 fully saturated rings. The van der Waals surface area contributed by atoms with Crippen LogP contribution in [-0.4, -0.2) is 31.8 Å². The summed E-state index contributed by atoms with van der Waals surface area (Å²) in [5.74, 6) is -1.38. The highest BCUT2D eigenvalue weighted by atomic mass is 35.5. The quantitative estimate of drug-likeness (QED) is 0.751. The number of carbonyl (C=O) groups excluding carboxylic acids is 1. The largest absolute Gasteiger partial charge is 0.334 e. The molecule has 0 bridgehead atoms. The standard InChI is InChI=1S/C19H22ClFN2O3S/c1-4-23(12-14-7-5-6-8-17(14)20)19(24)16-11-15(9-10-18(16)21)27(25,26)22-13(2)3/h5-11,13,22H,4,12H2,1-3H3. The van der Waals surface area contributed by atoms with E-state index in [1.54, 1.807) is 45.0 Å². The minimum absolute atomic E-state index is 0.158. The molecule has 146 valence electrons. The molecule has 2 aromatic carbocycles. The van der Waals surface area contributed by atoms with Crippen LogP contribution in [0.5, 0.6) is 0 Å². The predicted molar refractivity (Wildman–Crippen MR) is 104 cm³/mol. The molecule has 0 radical (unpaired) electrons. The average molecular weight is 413 g/mol. The van der Waals surface area contributed by atoms with Gasteiger partial charge in [0.05, 0.1) is 10.5 Å². The zero-order valence-corrected chi connectivity index (χ0v) is 16.9. The molecule has 2 aromatic rings. The molecule has 2 rings (SSSR count). The summed E-state index contributed by atoms with van der Waals surface area (Å²) < 4.78 is 41.4. The monoisotopic (exact) mass is 412 g/mol. The SMILES string of the molecule is CCN(Cc1ccccc1Cl)C(=O)c1cc(S(=O)(=O)NC(C)C)ccc1F. The van der Waals surface area contributed by atoms with Gasteiger partial charge in [-0.05, 0) is 50.6 Å². The summed E-state index contributed by atoms with van der Waals surface area (Å²) in [4.78, 5) is 14.1. The molecule has 0 saturated heterocycles. The van der Waals surface area contributed by atoms with E-state index in [2.05, 4.69) is 4.72 Å². The van der Waals surface area contributed by atoms with Crippen LogP contribution in [0, 0.1) is 5.82 Å². The van der Waals surface area contributed by atoms with Gasteiger partial charge in [-0.15, -0.1) is 0 Å². The highest BCUT2D eigenvalue weighted by Crippen LogP contribution is 2.21. The summed E-state index contributed by atoms with van der Waals surface area (Å²) in [5, 5.41) is 0.502. The van der Waals surface area contributed by atoms with Crippen molar-refractivity contribution in [2.24, 2.45) is 0 Å². The van der Waals surface area contributed by atoms with Gasteiger partial charge in [-0.3, -0.25) is 4.79 Å². The van der Waals surface area contributed by atoms with Crippen molar-refractivity contribution in [3.63, 3.8) is 0 Å². The number of carbonyl (C=O) groups is 1. The summed E-state index contributed by atoms with van der Waals surface area (Å²) in [7, 11) is -3.84. The molecular weight excluding hydrogens is 391 g/mol. The Hall–Kier alpha value is -1.96. The number of benzene rings is 2. The Bertz CT molecular complexity index is 932. The van der Waals surface area contributed by atoms with Crippen molar-refractivity contribution in [3.05, 3.63) is 64.4 Å². The third kappa shape index (κ3) is 5.28. The summed E-state index contributed by atoms with van der Waals surface area (Å²) >= 11 is 6.14. The highest BCUT2D eigenvalue weighted by Gasteiger charge is 2.23. The zero-order valence-electron chi connectivity index (χ0n) is 15.4. The number of rotatable bonds is 7. The third-order valence-corrected chi connectivity index (χ3v) is 5.88. The van der Waals surface area contributed by atoms with Crippen LogP contribution in [0.15, 0.2) is 47.4 Å². The minimum Gasteiger partial charge on any atom is -0.334 e. The van der Waals surface area contributed by atoms with E-state index in [1.807, 2.05) is 0 Å². The van der Waals surface area contributed by atoms with Crippen molar-refractivity contribution in [2.75, 3.05) is 6.54 Å². The van der Waals surface area contributed by atoms with E-state index in [4.69, 9.17) is 11.6 Å². The molecule has 5 nitrogen and oxygen atoms in total. The molecule has 0 heterocycles. The maximum atomic E-state index is 14.3. The van der Waals surface area contributed by atoms with E-state index in [9.17, 15) is 17.6 Å². The van der Waals surface area contributed by atoms with E-state index in [0.29, 0.717) is 11.6 Å². The van der Waals surface area contributed by atoms with Gasteiger partial charge in [0.15, 0.2) is 0 Å². The average Bonchev–Trinajstić information content (AvgIpc) is 2.59. The summed E-state index contributed by atoms with van der Waals surface area (Å²) in [6, 6.07) is 9.93. The number of nitrogens with zero attached hydrogens (tertiary/aromatic N) is 1. The first-order chi connectivity index (χ1) is 12.7. The van der Waals surface area contributed by atoms with Crippen LogP contribution in [0.25, 0.3) is 0 Å². The molecule has 0 atom stereocenters. The fourth-order valence-corrected chi connectivity index (χ4v) is 4.02. The molecule has 1 N–H and O–H groups in total. The van der Waals surface area contributed by atoms with Crippen molar-refractivity contribution < 1.29 is 17.6 Å². The van der Waals surface area contributed by atoms with E-state index in [0.717, 1.165) is 23.8 Å². The Balaban J connectivity index is 2.36. The fourth-order valence-electron chi connectivity index (χ4n) is 2.54. The highest BCUT2D eigenvalue weighted by molar-refractivity contribution is 7.89.